The molecule has 0 saturated carbocycles. The average Bonchev–Trinajstić information content (AvgIpc) is 2.36. The Morgan fingerprint density at radius 2 is 2.40 bits per heavy atom. The molecule has 0 unspecified atom stereocenters. The van der Waals surface area contributed by atoms with Crippen molar-refractivity contribution in [1.29, 1.82) is 0 Å². The monoisotopic (exact) mass is 138 g/mol. The zero-order valence-electron chi connectivity index (χ0n) is 5.15. The van der Waals surface area contributed by atoms with Crippen molar-refractivity contribution in [3.8, 4) is 0 Å². The average molecular weight is 138 g/mol. The molecule has 1 aromatic heterocycles. The van der Waals surface area contributed by atoms with Crippen molar-refractivity contribution in [2.24, 2.45) is 0 Å². The van der Waals surface area contributed by atoms with E-state index in [1.54, 1.807) is 6.07 Å². The Bertz CT molecular complexity index is 247. The van der Waals surface area contributed by atoms with Crippen LogP contribution in [0.1, 0.15) is 16.1 Å². The zero-order chi connectivity index (χ0) is 7.40. The summed E-state index contributed by atoms with van der Waals surface area (Å²) < 4.78 is 4.74. The summed E-state index contributed by atoms with van der Waals surface area (Å²) in [4.78, 5) is 10.2. The first-order valence-corrected chi connectivity index (χ1v) is 2.72. The minimum atomic E-state index is 0.227. The summed E-state index contributed by atoms with van der Waals surface area (Å²) in [7, 11) is 0. The molecule has 0 atom stereocenters. The first-order valence-electron chi connectivity index (χ1n) is 2.72. The van der Waals surface area contributed by atoms with Crippen molar-refractivity contribution in [3.63, 3.8) is 0 Å². The largest absolute Gasteiger partial charge is 0.516 e. The van der Waals surface area contributed by atoms with Crippen molar-refractivity contribution >= 4 is 12.4 Å². The second-order valence-electron chi connectivity index (χ2n) is 1.67. The number of aliphatic hydroxyl groups is 1. The molecule has 0 spiro atoms. The molecule has 52 valence electrons. The highest BCUT2D eigenvalue weighted by Gasteiger charge is 1.99. The van der Waals surface area contributed by atoms with Gasteiger partial charge in [0.15, 0.2) is 12.0 Å². The van der Waals surface area contributed by atoms with Gasteiger partial charge in [0.05, 0.1) is 12.5 Å². The number of hydrogen-bond acceptors (Lipinski definition) is 3. The maximum Gasteiger partial charge on any atom is 0.185 e. The van der Waals surface area contributed by atoms with Gasteiger partial charge in [-0.15, -0.1) is 0 Å². The van der Waals surface area contributed by atoms with Crippen LogP contribution in [0.3, 0.4) is 0 Å². The Balaban J connectivity index is 3.00. The Hall–Kier alpha value is -1.51. The Labute approximate surface area is 57.6 Å². The van der Waals surface area contributed by atoms with E-state index < -0.39 is 0 Å². The first-order chi connectivity index (χ1) is 4.88. The molecule has 0 bridgehead atoms. The molecule has 0 amide bonds. The van der Waals surface area contributed by atoms with Gasteiger partial charge in [-0.05, 0) is 12.1 Å². The third-order valence-electron chi connectivity index (χ3n) is 1.09. The lowest BCUT2D eigenvalue weighted by molar-refractivity contribution is 0.110. The number of carbonyl (C=O) groups excluding carboxylic acids is 1. The van der Waals surface area contributed by atoms with E-state index in [1.165, 1.54) is 12.3 Å². The second-order valence-corrected chi connectivity index (χ2v) is 1.67. The molecule has 3 heteroatoms. The summed E-state index contributed by atoms with van der Waals surface area (Å²) in [6.07, 6.45) is 4.22. The van der Waals surface area contributed by atoms with E-state index in [-0.39, 0.29) is 5.76 Å². The fourth-order valence-corrected chi connectivity index (χ4v) is 0.645. The van der Waals surface area contributed by atoms with Gasteiger partial charge in [0.1, 0.15) is 0 Å². The van der Waals surface area contributed by atoms with Crippen molar-refractivity contribution < 1.29 is 14.3 Å². The van der Waals surface area contributed by atoms with E-state index in [9.17, 15) is 4.79 Å². The SMILES string of the molecule is O=Cc1occc1/C=C/O. The summed E-state index contributed by atoms with van der Waals surface area (Å²) in [5.41, 5.74) is 0.581. The summed E-state index contributed by atoms with van der Waals surface area (Å²) >= 11 is 0. The van der Waals surface area contributed by atoms with Gasteiger partial charge in [-0.1, -0.05) is 0 Å². The molecule has 1 N–H and O–H groups in total. The molecule has 1 rings (SSSR count). The lowest BCUT2D eigenvalue weighted by Crippen LogP contribution is -1.76. The second kappa shape index (κ2) is 2.87. The van der Waals surface area contributed by atoms with Crippen LogP contribution in [0.25, 0.3) is 6.08 Å². The number of aliphatic hydroxyl groups excluding tert-OH is 1. The molecule has 1 aromatic rings. The molecule has 0 fully saturated rings. The number of hydrogen-bond donors (Lipinski definition) is 1. The molecule has 0 aliphatic heterocycles. The highest BCUT2D eigenvalue weighted by atomic mass is 16.3. The van der Waals surface area contributed by atoms with Crippen molar-refractivity contribution in [3.05, 3.63) is 29.9 Å². The Morgan fingerprint density at radius 3 is 3.00 bits per heavy atom. The topological polar surface area (TPSA) is 50.4 Å². The van der Waals surface area contributed by atoms with Gasteiger partial charge in [-0.2, -0.15) is 0 Å². The van der Waals surface area contributed by atoms with Crippen molar-refractivity contribution in [2.75, 3.05) is 0 Å². The summed E-state index contributed by atoms with van der Waals surface area (Å²) in [5.74, 6) is 0.227. The third-order valence-corrected chi connectivity index (χ3v) is 1.09. The van der Waals surface area contributed by atoms with E-state index in [4.69, 9.17) is 9.52 Å². The van der Waals surface area contributed by atoms with Gasteiger partial charge in [0.25, 0.3) is 0 Å². The van der Waals surface area contributed by atoms with E-state index in [0.29, 0.717) is 11.8 Å². The van der Waals surface area contributed by atoms with E-state index >= 15 is 0 Å². The van der Waals surface area contributed by atoms with Crippen LogP contribution in [0.4, 0.5) is 0 Å². The Morgan fingerprint density at radius 1 is 1.60 bits per heavy atom. The van der Waals surface area contributed by atoms with Crippen LogP contribution in [-0.2, 0) is 0 Å². The van der Waals surface area contributed by atoms with Crippen molar-refractivity contribution in [2.45, 2.75) is 0 Å². The smallest absolute Gasteiger partial charge is 0.185 e. The minimum absolute atomic E-state index is 0.227. The first kappa shape index (κ1) is 6.61. The highest BCUT2D eigenvalue weighted by Crippen LogP contribution is 2.08. The molecule has 1 heterocycles. The van der Waals surface area contributed by atoms with Crippen LogP contribution in [0.5, 0.6) is 0 Å². The number of furan rings is 1. The lowest BCUT2D eigenvalue weighted by Gasteiger charge is -1.82. The van der Waals surface area contributed by atoms with E-state index in [1.807, 2.05) is 0 Å². The predicted molar refractivity (Wildman–Crippen MR) is 35.8 cm³/mol. The predicted octanol–water partition coefficient (Wildman–Crippen LogP) is 1.62. The van der Waals surface area contributed by atoms with Gasteiger partial charge >= 0.3 is 0 Å². The molecule has 10 heavy (non-hydrogen) atoms. The zero-order valence-corrected chi connectivity index (χ0v) is 5.15. The molecule has 0 aromatic carbocycles. The van der Waals surface area contributed by atoms with Crippen LogP contribution in [0.2, 0.25) is 0 Å². The fraction of sp³-hybridized carbons (Fsp3) is 0. The van der Waals surface area contributed by atoms with Gasteiger partial charge in [-0.3, -0.25) is 4.79 Å². The maximum atomic E-state index is 10.2. The van der Waals surface area contributed by atoms with Gasteiger partial charge in [0, 0.05) is 5.56 Å². The van der Waals surface area contributed by atoms with Gasteiger partial charge in [0.2, 0.25) is 0 Å². The lowest BCUT2D eigenvalue weighted by atomic mass is 10.2. The molecular weight excluding hydrogens is 132 g/mol. The van der Waals surface area contributed by atoms with Gasteiger partial charge < -0.3 is 9.52 Å². The fourth-order valence-electron chi connectivity index (χ4n) is 0.645. The maximum absolute atomic E-state index is 10.2. The number of aldehydes is 1. The number of carbonyl (C=O) groups is 1. The quantitative estimate of drug-likeness (QED) is 0.499. The van der Waals surface area contributed by atoms with Crippen LogP contribution in [-0.4, -0.2) is 11.4 Å². The Kier molecular flexibility index (Phi) is 1.89. The minimum Gasteiger partial charge on any atom is -0.516 e. The van der Waals surface area contributed by atoms with E-state index in [2.05, 4.69) is 0 Å². The highest BCUT2D eigenvalue weighted by molar-refractivity contribution is 5.77. The standard InChI is InChI=1S/C7H6O3/c8-3-1-6-2-4-10-7(6)5-9/h1-5,8H/b3-1+. The van der Waals surface area contributed by atoms with Crippen LogP contribution < -0.4 is 0 Å². The molecule has 0 aliphatic rings. The van der Waals surface area contributed by atoms with Gasteiger partial charge in [-0.25, -0.2) is 0 Å². The molecule has 0 aliphatic carbocycles. The van der Waals surface area contributed by atoms with Crippen LogP contribution in [0.15, 0.2) is 23.0 Å². The summed E-state index contributed by atoms with van der Waals surface area (Å²) in [6, 6.07) is 1.59. The summed E-state index contributed by atoms with van der Waals surface area (Å²) in [5, 5.41) is 8.32. The normalized spacial score (nSPS) is 10.4. The summed E-state index contributed by atoms with van der Waals surface area (Å²) in [6.45, 7) is 0. The molecule has 3 nitrogen and oxygen atoms in total. The molecule has 0 radical (unpaired) electrons. The molecule has 0 saturated heterocycles. The third kappa shape index (κ3) is 1.07. The number of rotatable bonds is 2. The van der Waals surface area contributed by atoms with Crippen LogP contribution >= 0.6 is 0 Å². The molecular formula is C7H6O3. The van der Waals surface area contributed by atoms with Crippen molar-refractivity contribution in [1.82, 2.24) is 0 Å². The van der Waals surface area contributed by atoms with Crippen LogP contribution in [0, 0.1) is 0 Å². The van der Waals surface area contributed by atoms with E-state index in [0.717, 1.165) is 6.26 Å².